The molecule has 0 radical (unpaired) electrons. The fourth-order valence-corrected chi connectivity index (χ4v) is 3.67. The van der Waals surface area contributed by atoms with Gasteiger partial charge in [0.05, 0.1) is 11.1 Å². The van der Waals surface area contributed by atoms with Gasteiger partial charge in [0.15, 0.2) is 0 Å². The number of aromatic hydroxyl groups is 1. The molecule has 3 aromatic carbocycles. The molecule has 1 aromatic heterocycles. The van der Waals surface area contributed by atoms with E-state index < -0.39 is 23.3 Å². The topological polar surface area (TPSA) is 87.7 Å². The predicted octanol–water partition coefficient (Wildman–Crippen LogP) is 5.87. The van der Waals surface area contributed by atoms with E-state index in [1.54, 1.807) is 30.3 Å². The second-order valence-corrected chi connectivity index (χ2v) is 7.59. The molecule has 172 valence electrons. The molecule has 0 saturated carbocycles. The summed E-state index contributed by atoms with van der Waals surface area (Å²) >= 11 is 0. The van der Waals surface area contributed by atoms with Crippen LogP contribution < -0.4 is 5.63 Å². The highest BCUT2D eigenvalue weighted by molar-refractivity contribution is 5.88. The van der Waals surface area contributed by atoms with Gasteiger partial charge in [-0.3, -0.25) is 0 Å². The highest BCUT2D eigenvalue weighted by atomic mass is 19.4. The maximum Gasteiger partial charge on any atom is 0.416 e. The first-order valence-electron chi connectivity index (χ1n) is 10.1. The summed E-state index contributed by atoms with van der Waals surface area (Å²) in [6.07, 6.45) is -1.81. The molecule has 5 nitrogen and oxygen atoms in total. The third-order valence-electron chi connectivity index (χ3n) is 5.28. The van der Waals surface area contributed by atoms with Crippen molar-refractivity contribution in [2.24, 2.45) is 0 Å². The Kier molecular flexibility index (Phi) is 5.98. The van der Waals surface area contributed by atoms with Gasteiger partial charge in [0, 0.05) is 17.5 Å². The zero-order chi connectivity index (χ0) is 24.5. The summed E-state index contributed by atoms with van der Waals surface area (Å²) in [7, 11) is 0. The number of phenolic OH excluding ortho intramolecular Hbond substituents is 1. The van der Waals surface area contributed by atoms with Gasteiger partial charge in [-0.1, -0.05) is 36.4 Å². The van der Waals surface area contributed by atoms with Crippen LogP contribution in [0.2, 0.25) is 0 Å². The lowest BCUT2D eigenvalue weighted by atomic mass is 9.92. The Morgan fingerprint density at radius 1 is 0.971 bits per heavy atom. The number of aliphatic carboxylic acids is 1. The van der Waals surface area contributed by atoms with Gasteiger partial charge in [-0.25, -0.2) is 9.59 Å². The van der Waals surface area contributed by atoms with Crippen LogP contribution in [0.3, 0.4) is 0 Å². The van der Waals surface area contributed by atoms with Crippen LogP contribution in [0.15, 0.2) is 82.0 Å². The van der Waals surface area contributed by atoms with Crippen LogP contribution in [0, 0.1) is 0 Å². The first-order valence-corrected chi connectivity index (χ1v) is 10.1. The van der Waals surface area contributed by atoms with E-state index in [1.807, 2.05) is 0 Å². The van der Waals surface area contributed by atoms with Crippen molar-refractivity contribution >= 4 is 23.0 Å². The van der Waals surface area contributed by atoms with Crippen molar-refractivity contribution in [3.63, 3.8) is 0 Å². The molecule has 4 aromatic rings. The summed E-state index contributed by atoms with van der Waals surface area (Å²) in [5.41, 5.74) is 0.940. The van der Waals surface area contributed by atoms with E-state index >= 15 is 0 Å². The molecule has 0 aliphatic heterocycles. The number of hydrogen-bond acceptors (Lipinski definition) is 4. The van der Waals surface area contributed by atoms with Gasteiger partial charge < -0.3 is 14.6 Å². The smallest absolute Gasteiger partial charge is 0.416 e. The number of hydrogen-bond donors (Lipinski definition) is 2. The highest BCUT2D eigenvalue weighted by Gasteiger charge is 2.30. The minimum atomic E-state index is -4.51. The molecule has 34 heavy (non-hydrogen) atoms. The van der Waals surface area contributed by atoms with Gasteiger partial charge in [0.25, 0.3) is 0 Å². The average Bonchev–Trinajstić information content (AvgIpc) is 2.78. The fourth-order valence-electron chi connectivity index (χ4n) is 3.67. The SMILES string of the molecule is O=C(O)/C=C/c1ccc(Cc2c(-c3ccc(C(F)(F)F)cc3)c(=O)oc3cc(O)ccc23)cc1. The van der Waals surface area contributed by atoms with Crippen LogP contribution in [-0.4, -0.2) is 16.2 Å². The summed E-state index contributed by atoms with van der Waals surface area (Å²) in [6, 6.07) is 15.5. The quantitative estimate of drug-likeness (QED) is 0.284. The van der Waals surface area contributed by atoms with Gasteiger partial charge >= 0.3 is 17.8 Å². The predicted molar refractivity (Wildman–Crippen MR) is 121 cm³/mol. The second-order valence-electron chi connectivity index (χ2n) is 7.59. The Bertz CT molecular complexity index is 1450. The summed E-state index contributed by atoms with van der Waals surface area (Å²) in [4.78, 5) is 23.6. The van der Waals surface area contributed by atoms with Crippen molar-refractivity contribution in [1.82, 2.24) is 0 Å². The lowest BCUT2D eigenvalue weighted by Gasteiger charge is -2.13. The van der Waals surface area contributed by atoms with Crippen molar-refractivity contribution in [3.05, 3.63) is 105 Å². The van der Waals surface area contributed by atoms with Crippen molar-refractivity contribution < 1.29 is 32.6 Å². The molecule has 0 fully saturated rings. The van der Waals surface area contributed by atoms with Crippen LogP contribution in [0.5, 0.6) is 5.75 Å². The van der Waals surface area contributed by atoms with Gasteiger partial charge in [-0.05, 0) is 59.0 Å². The summed E-state index contributed by atoms with van der Waals surface area (Å²) in [5, 5.41) is 19.1. The van der Waals surface area contributed by atoms with E-state index in [2.05, 4.69) is 0 Å². The Morgan fingerprint density at radius 3 is 2.26 bits per heavy atom. The number of alkyl halides is 3. The van der Waals surface area contributed by atoms with E-state index in [1.165, 1.54) is 30.3 Å². The Hall–Kier alpha value is -4.33. The fraction of sp³-hybridized carbons (Fsp3) is 0.0769. The molecule has 0 aliphatic rings. The number of carboxylic acid groups (broad SMARTS) is 1. The van der Waals surface area contributed by atoms with Crippen molar-refractivity contribution in [2.75, 3.05) is 0 Å². The molecule has 8 heteroatoms. The molecule has 0 bridgehead atoms. The van der Waals surface area contributed by atoms with E-state index in [9.17, 15) is 27.9 Å². The van der Waals surface area contributed by atoms with Crippen LogP contribution >= 0.6 is 0 Å². The first kappa shape index (κ1) is 22.8. The molecular weight excluding hydrogens is 449 g/mol. The van der Waals surface area contributed by atoms with Crippen LogP contribution in [-0.2, 0) is 17.4 Å². The van der Waals surface area contributed by atoms with Crippen LogP contribution in [0.1, 0.15) is 22.3 Å². The number of halogens is 3. The van der Waals surface area contributed by atoms with Crippen LogP contribution in [0.25, 0.3) is 28.2 Å². The second kappa shape index (κ2) is 8.90. The third-order valence-corrected chi connectivity index (χ3v) is 5.28. The summed E-state index contributed by atoms with van der Waals surface area (Å²) in [6.45, 7) is 0. The van der Waals surface area contributed by atoms with Gasteiger partial charge in [-0.15, -0.1) is 0 Å². The summed E-state index contributed by atoms with van der Waals surface area (Å²) in [5.74, 6) is -1.17. The zero-order valence-electron chi connectivity index (χ0n) is 17.5. The zero-order valence-corrected chi connectivity index (χ0v) is 17.5. The maximum atomic E-state index is 13.0. The van der Waals surface area contributed by atoms with Gasteiger partial charge in [-0.2, -0.15) is 13.2 Å². The number of carboxylic acids is 1. The monoisotopic (exact) mass is 466 g/mol. The molecule has 0 amide bonds. The normalized spacial score (nSPS) is 11.9. The Labute approximate surface area is 191 Å². The molecular formula is C26H17F3O5. The third kappa shape index (κ3) is 4.85. The molecule has 0 atom stereocenters. The van der Waals surface area contributed by atoms with E-state index in [4.69, 9.17) is 9.52 Å². The summed E-state index contributed by atoms with van der Waals surface area (Å²) < 4.78 is 44.4. The molecule has 0 unspecified atom stereocenters. The molecule has 1 heterocycles. The van der Waals surface area contributed by atoms with Gasteiger partial charge in [0.2, 0.25) is 0 Å². The minimum Gasteiger partial charge on any atom is -0.508 e. The van der Waals surface area contributed by atoms with Crippen LogP contribution in [0.4, 0.5) is 13.2 Å². The highest BCUT2D eigenvalue weighted by Crippen LogP contribution is 2.34. The van der Waals surface area contributed by atoms with E-state index in [0.717, 1.165) is 23.8 Å². The number of rotatable bonds is 5. The molecule has 0 spiro atoms. The number of phenols is 1. The lowest BCUT2D eigenvalue weighted by molar-refractivity contribution is -0.137. The maximum absolute atomic E-state index is 13.0. The van der Waals surface area contributed by atoms with E-state index in [0.29, 0.717) is 16.5 Å². The van der Waals surface area contributed by atoms with Gasteiger partial charge in [0.1, 0.15) is 11.3 Å². The van der Waals surface area contributed by atoms with Crippen molar-refractivity contribution in [3.8, 4) is 16.9 Å². The number of carbonyl (C=O) groups is 1. The number of fused-ring (bicyclic) bond motifs is 1. The average molecular weight is 466 g/mol. The van der Waals surface area contributed by atoms with Crippen molar-refractivity contribution in [2.45, 2.75) is 12.6 Å². The molecule has 4 rings (SSSR count). The molecule has 0 saturated heterocycles. The lowest BCUT2D eigenvalue weighted by Crippen LogP contribution is -2.09. The standard InChI is InChI=1S/C26H17F3O5/c27-26(28,29)18-8-6-17(7-9-18)24-21(20-11-10-19(30)14-22(20)34-25(24)33)13-16-3-1-15(2-4-16)5-12-23(31)32/h1-12,14,30H,13H2,(H,31,32)/b12-5+. The first-order chi connectivity index (χ1) is 16.1. The van der Waals surface area contributed by atoms with E-state index in [-0.39, 0.29) is 28.9 Å². The Balaban J connectivity index is 1.84. The largest absolute Gasteiger partial charge is 0.508 e. The molecule has 0 aliphatic carbocycles. The number of benzene rings is 3. The minimum absolute atomic E-state index is 0.0987. The molecule has 2 N–H and O–H groups in total. The van der Waals surface area contributed by atoms with Crippen molar-refractivity contribution in [1.29, 1.82) is 0 Å². The Morgan fingerprint density at radius 2 is 1.65 bits per heavy atom.